The number of thioether (sulfide) groups is 1. The molecule has 0 atom stereocenters. The highest BCUT2D eigenvalue weighted by Gasteiger charge is 2.13. The summed E-state index contributed by atoms with van der Waals surface area (Å²) in [5.41, 5.74) is 0.983. The SMILES string of the molecule is COC(Cn1nnnc1SCc1ccn(C)n1)OC. The first kappa shape index (κ1) is 14.0. The van der Waals surface area contributed by atoms with Gasteiger partial charge in [0.05, 0.1) is 12.2 Å². The summed E-state index contributed by atoms with van der Waals surface area (Å²) in [6.45, 7) is 0.449. The number of tetrazole rings is 1. The van der Waals surface area contributed by atoms with Crippen molar-refractivity contribution in [1.29, 1.82) is 0 Å². The van der Waals surface area contributed by atoms with Gasteiger partial charge in [-0.1, -0.05) is 11.8 Å². The average molecular weight is 284 g/mol. The summed E-state index contributed by atoms with van der Waals surface area (Å²) < 4.78 is 13.7. The van der Waals surface area contributed by atoms with Gasteiger partial charge in [-0.25, -0.2) is 4.68 Å². The van der Waals surface area contributed by atoms with Gasteiger partial charge in [0.2, 0.25) is 5.16 Å². The van der Waals surface area contributed by atoms with E-state index in [0.717, 1.165) is 5.69 Å². The number of hydrogen-bond donors (Lipinski definition) is 0. The highest BCUT2D eigenvalue weighted by atomic mass is 32.2. The van der Waals surface area contributed by atoms with Gasteiger partial charge in [-0.3, -0.25) is 4.68 Å². The van der Waals surface area contributed by atoms with Crippen LogP contribution >= 0.6 is 11.8 Å². The molecule has 2 aromatic rings. The minimum absolute atomic E-state index is 0.363. The Bertz CT molecular complexity index is 510. The van der Waals surface area contributed by atoms with E-state index in [2.05, 4.69) is 20.6 Å². The first-order chi connectivity index (χ1) is 9.22. The molecule has 2 rings (SSSR count). The Labute approximate surface area is 115 Å². The van der Waals surface area contributed by atoms with Crippen LogP contribution in [0.25, 0.3) is 0 Å². The van der Waals surface area contributed by atoms with Crippen molar-refractivity contribution in [2.45, 2.75) is 23.7 Å². The molecule has 0 bridgehead atoms. The van der Waals surface area contributed by atoms with Crippen LogP contribution in [-0.4, -0.2) is 50.5 Å². The summed E-state index contributed by atoms with van der Waals surface area (Å²) in [6.07, 6.45) is 1.54. The second kappa shape index (κ2) is 6.64. The van der Waals surface area contributed by atoms with Crippen molar-refractivity contribution < 1.29 is 9.47 Å². The lowest BCUT2D eigenvalue weighted by molar-refractivity contribution is -0.113. The van der Waals surface area contributed by atoms with Gasteiger partial charge in [0, 0.05) is 33.2 Å². The van der Waals surface area contributed by atoms with Crippen LogP contribution < -0.4 is 0 Å². The third kappa shape index (κ3) is 3.75. The molecule has 0 aliphatic heterocycles. The van der Waals surface area contributed by atoms with E-state index < -0.39 is 0 Å². The van der Waals surface area contributed by atoms with Crippen LogP contribution in [0.1, 0.15) is 5.69 Å². The fourth-order valence-corrected chi connectivity index (χ4v) is 2.26. The van der Waals surface area contributed by atoms with E-state index in [9.17, 15) is 0 Å². The molecule has 19 heavy (non-hydrogen) atoms. The lowest BCUT2D eigenvalue weighted by Gasteiger charge is -2.13. The van der Waals surface area contributed by atoms with Crippen molar-refractivity contribution in [2.75, 3.05) is 14.2 Å². The fourth-order valence-electron chi connectivity index (χ4n) is 1.48. The molecule has 2 heterocycles. The molecule has 0 saturated carbocycles. The molecule has 8 nitrogen and oxygen atoms in total. The molecule has 0 fully saturated rings. The van der Waals surface area contributed by atoms with E-state index in [1.165, 1.54) is 11.8 Å². The quantitative estimate of drug-likeness (QED) is 0.535. The highest BCUT2D eigenvalue weighted by molar-refractivity contribution is 7.98. The smallest absolute Gasteiger partial charge is 0.209 e. The van der Waals surface area contributed by atoms with E-state index in [0.29, 0.717) is 17.5 Å². The van der Waals surface area contributed by atoms with Crippen LogP contribution in [0.4, 0.5) is 0 Å². The standard InChI is InChI=1S/C10H16N6O2S/c1-15-5-4-8(12-15)7-19-10-11-13-14-16(10)6-9(17-2)18-3/h4-5,9H,6-7H2,1-3H3. The molecule has 104 valence electrons. The third-order valence-electron chi connectivity index (χ3n) is 2.46. The Morgan fingerprint density at radius 2 is 2.16 bits per heavy atom. The zero-order valence-electron chi connectivity index (χ0n) is 11.1. The van der Waals surface area contributed by atoms with Crippen molar-refractivity contribution in [1.82, 2.24) is 30.0 Å². The van der Waals surface area contributed by atoms with Crippen molar-refractivity contribution >= 4 is 11.8 Å². The maximum Gasteiger partial charge on any atom is 0.209 e. The Kier molecular flexibility index (Phi) is 4.88. The number of aryl methyl sites for hydroxylation is 1. The molecule has 0 radical (unpaired) electrons. The zero-order valence-corrected chi connectivity index (χ0v) is 11.9. The van der Waals surface area contributed by atoms with Crippen molar-refractivity contribution in [2.24, 2.45) is 7.05 Å². The molecule has 0 unspecified atom stereocenters. The lowest BCUT2D eigenvalue weighted by Crippen LogP contribution is -2.21. The Balaban J connectivity index is 1.95. The second-order valence-electron chi connectivity index (χ2n) is 3.81. The van der Waals surface area contributed by atoms with Gasteiger partial charge < -0.3 is 9.47 Å². The van der Waals surface area contributed by atoms with Gasteiger partial charge in [-0.2, -0.15) is 5.10 Å². The molecule has 0 spiro atoms. The molecule has 0 amide bonds. The molecule has 0 aliphatic carbocycles. The van der Waals surface area contributed by atoms with E-state index in [4.69, 9.17) is 9.47 Å². The Hall–Kier alpha value is -1.45. The molecule has 9 heteroatoms. The minimum atomic E-state index is -0.363. The lowest BCUT2D eigenvalue weighted by atomic mass is 10.5. The van der Waals surface area contributed by atoms with Gasteiger partial charge in [0.1, 0.15) is 0 Å². The number of rotatable bonds is 7. The largest absolute Gasteiger partial charge is 0.354 e. The molecule has 2 aromatic heterocycles. The van der Waals surface area contributed by atoms with Crippen LogP contribution in [0.3, 0.4) is 0 Å². The van der Waals surface area contributed by atoms with Crippen LogP contribution in [0.15, 0.2) is 17.4 Å². The molecular formula is C10H16N6O2S. The monoisotopic (exact) mass is 284 g/mol. The summed E-state index contributed by atoms with van der Waals surface area (Å²) in [6, 6.07) is 1.97. The zero-order chi connectivity index (χ0) is 13.7. The van der Waals surface area contributed by atoms with Gasteiger partial charge in [0.15, 0.2) is 6.29 Å². The first-order valence-electron chi connectivity index (χ1n) is 5.66. The summed E-state index contributed by atoms with van der Waals surface area (Å²) in [5.74, 6) is 0.714. The maximum atomic E-state index is 5.13. The molecule has 0 aliphatic rings. The Morgan fingerprint density at radius 1 is 1.37 bits per heavy atom. The summed E-state index contributed by atoms with van der Waals surface area (Å²) in [7, 11) is 5.05. The summed E-state index contributed by atoms with van der Waals surface area (Å²) >= 11 is 1.52. The molecule has 0 aromatic carbocycles. The number of aromatic nitrogens is 6. The van der Waals surface area contributed by atoms with E-state index >= 15 is 0 Å². The van der Waals surface area contributed by atoms with Crippen molar-refractivity contribution in [3.8, 4) is 0 Å². The summed E-state index contributed by atoms with van der Waals surface area (Å²) in [4.78, 5) is 0. The molecular weight excluding hydrogens is 268 g/mol. The van der Waals surface area contributed by atoms with Crippen LogP contribution in [-0.2, 0) is 28.8 Å². The predicted octanol–water partition coefficient (Wildman–Crippen LogP) is 0.318. The van der Waals surface area contributed by atoms with Crippen LogP contribution in [0, 0.1) is 0 Å². The molecule has 0 N–H and O–H groups in total. The summed E-state index contributed by atoms with van der Waals surface area (Å²) in [5, 5.41) is 16.6. The van der Waals surface area contributed by atoms with Crippen molar-refractivity contribution in [3.05, 3.63) is 18.0 Å². The van der Waals surface area contributed by atoms with Gasteiger partial charge in [0.25, 0.3) is 0 Å². The number of methoxy groups -OCH3 is 2. The highest BCUT2D eigenvalue weighted by Crippen LogP contribution is 2.19. The minimum Gasteiger partial charge on any atom is -0.354 e. The van der Waals surface area contributed by atoms with Gasteiger partial charge in [-0.05, 0) is 16.5 Å². The van der Waals surface area contributed by atoms with Gasteiger partial charge in [-0.15, -0.1) is 5.10 Å². The second-order valence-corrected chi connectivity index (χ2v) is 4.76. The number of hydrogen-bond acceptors (Lipinski definition) is 7. The predicted molar refractivity (Wildman–Crippen MR) is 68.4 cm³/mol. The molecule has 0 saturated heterocycles. The van der Waals surface area contributed by atoms with Crippen LogP contribution in [0.2, 0.25) is 0 Å². The van der Waals surface area contributed by atoms with Crippen LogP contribution in [0.5, 0.6) is 0 Å². The van der Waals surface area contributed by atoms with E-state index in [-0.39, 0.29) is 6.29 Å². The first-order valence-corrected chi connectivity index (χ1v) is 6.64. The Morgan fingerprint density at radius 3 is 2.79 bits per heavy atom. The topological polar surface area (TPSA) is 79.9 Å². The van der Waals surface area contributed by atoms with E-state index in [1.807, 2.05) is 19.3 Å². The average Bonchev–Trinajstić information content (AvgIpc) is 3.02. The maximum absolute atomic E-state index is 5.13. The van der Waals surface area contributed by atoms with Crippen molar-refractivity contribution in [3.63, 3.8) is 0 Å². The van der Waals surface area contributed by atoms with E-state index in [1.54, 1.807) is 23.6 Å². The number of nitrogens with zero attached hydrogens (tertiary/aromatic N) is 6. The fraction of sp³-hybridized carbons (Fsp3) is 0.600. The third-order valence-corrected chi connectivity index (χ3v) is 3.46. The number of ether oxygens (including phenoxy) is 2. The van der Waals surface area contributed by atoms with Gasteiger partial charge >= 0.3 is 0 Å². The normalized spacial score (nSPS) is 11.4.